The molecule has 2 amide bonds. The third-order valence-corrected chi connectivity index (χ3v) is 3.83. The molecule has 1 heterocycles. The van der Waals surface area contributed by atoms with Crippen molar-refractivity contribution in [1.82, 2.24) is 5.32 Å². The molecule has 24 heavy (non-hydrogen) atoms. The van der Waals surface area contributed by atoms with E-state index in [0.29, 0.717) is 11.4 Å². The Morgan fingerprint density at radius 2 is 2.00 bits per heavy atom. The normalized spacial score (nSPS) is 18.3. The van der Waals surface area contributed by atoms with E-state index in [1.54, 1.807) is 31.4 Å². The summed E-state index contributed by atoms with van der Waals surface area (Å²) in [6.45, 7) is 0.0697. The Morgan fingerprint density at radius 1 is 1.33 bits per heavy atom. The van der Waals surface area contributed by atoms with Crippen LogP contribution in [0.5, 0.6) is 5.75 Å². The number of ether oxygens (including phenoxy) is 2. The van der Waals surface area contributed by atoms with Gasteiger partial charge in [-0.15, -0.1) is 0 Å². The van der Waals surface area contributed by atoms with E-state index in [1.165, 1.54) is 12.0 Å². The lowest BCUT2D eigenvalue weighted by molar-refractivity contribution is -0.143. The quantitative estimate of drug-likeness (QED) is 0.740. The highest BCUT2D eigenvalue weighted by atomic mass is 16.5. The summed E-state index contributed by atoms with van der Waals surface area (Å²) in [6, 6.07) is 5.81. The van der Waals surface area contributed by atoms with Gasteiger partial charge in [0.15, 0.2) is 6.04 Å². The van der Waals surface area contributed by atoms with Crippen molar-refractivity contribution < 1.29 is 29.0 Å². The van der Waals surface area contributed by atoms with Gasteiger partial charge in [0.1, 0.15) is 5.75 Å². The number of methoxy groups -OCH3 is 2. The van der Waals surface area contributed by atoms with E-state index in [2.05, 4.69) is 5.32 Å². The van der Waals surface area contributed by atoms with Crippen LogP contribution in [0.15, 0.2) is 24.3 Å². The van der Waals surface area contributed by atoms with Gasteiger partial charge >= 0.3 is 5.97 Å². The Labute approximate surface area is 139 Å². The van der Waals surface area contributed by atoms with Gasteiger partial charge in [-0.1, -0.05) is 0 Å². The highest BCUT2D eigenvalue weighted by Gasteiger charge is 2.36. The molecular formula is C16H20N2O6. The highest BCUT2D eigenvalue weighted by molar-refractivity contribution is 6.00. The number of carbonyl (C=O) groups excluding carboxylic acids is 2. The molecule has 1 aliphatic heterocycles. The maximum atomic E-state index is 12.2. The van der Waals surface area contributed by atoms with Crippen LogP contribution in [0.1, 0.15) is 6.42 Å². The van der Waals surface area contributed by atoms with E-state index in [1.807, 2.05) is 0 Å². The predicted molar refractivity (Wildman–Crippen MR) is 84.9 cm³/mol. The molecule has 0 aliphatic carbocycles. The molecule has 1 aromatic carbocycles. The second-order valence-electron chi connectivity index (χ2n) is 5.46. The van der Waals surface area contributed by atoms with E-state index in [-0.39, 0.29) is 25.5 Å². The van der Waals surface area contributed by atoms with Gasteiger partial charge in [-0.25, -0.2) is 4.79 Å². The summed E-state index contributed by atoms with van der Waals surface area (Å²) < 4.78 is 9.85. The van der Waals surface area contributed by atoms with Crippen LogP contribution in [0, 0.1) is 5.92 Å². The Bertz CT molecular complexity index is 615. The van der Waals surface area contributed by atoms with Crippen LogP contribution in [-0.2, 0) is 19.1 Å². The number of benzene rings is 1. The maximum absolute atomic E-state index is 12.2. The monoisotopic (exact) mass is 336 g/mol. The molecule has 0 saturated carbocycles. The lowest BCUT2D eigenvalue weighted by Crippen LogP contribution is -2.46. The van der Waals surface area contributed by atoms with Crippen molar-refractivity contribution in [1.29, 1.82) is 0 Å². The number of carboxylic acids is 1. The number of hydrogen-bond donors (Lipinski definition) is 2. The standard InChI is InChI=1S/C16H20N2O6/c1-23-9-13(16(21)22)17-15(20)10-7-14(19)18(8-10)11-3-5-12(24-2)6-4-11/h3-6,10,13H,7-9H2,1-2H3,(H,17,20)(H,21,22). The minimum atomic E-state index is -1.18. The Hall–Kier alpha value is -2.61. The van der Waals surface area contributed by atoms with Crippen LogP contribution in [0.4, 0.5) is 5.69 Å². The first-order valence-corrected chi connectivity index (χ1v) is 7.42. The molecule has 8 heteroatoms. The summed E-state index contributed by atoms with van der Waals surface area (Å²) in [6.07, 6.45) is 0.0389. The summed E-state index contributed by atoms with van der Waals surface area (Å²) in [5.41, 5.74) is 0.669. The fraction of sp³-hybridized carbons (Fsp3) is 0.438. The Kier molecular flexibility index (Phi) is 5.75. The van der Waals surface area contributed by atoms with Gasteiger partial charge in [0, 0.05) is 25.8 Å². The van der Waals surface area contributed by atoms with E-state index in [9.17, 15) is 14.4 Å². The highest BCUT2D eigenvalue weighted by Crippen LogP contribution is 2.26. The van der Waals surface area contributed by atoms with Crippen LogP contribution in [0.3, 0.4) is 0 Å². The van der Waals surface area contributed by atoms with Gasteiger partial charge in [-0.3, -0.25) is 9.59 Å². The maximum Gasteiger partial charge on any atom is 0.328 e. The number of nitrogens with one attached hydrogen (secondary N) is 1. The average Bonchev–Trinajstić information content (AvgIpc) is 2.96. The first kappa shape index (κ1) is 17.7. The summed E-state index contributed by atoms with van der Waals surface area (Å²) >= 11 is 0. The summed E-state index contributed by atoms with van der Waals surface area (Å²) in [5.74, 6) is -1.76. The van der Waals surface area contributed by atoms with Gasteiger partial charge in [-0.05, 0) is 24.3 Å². The van der Waals surface area contributed by atoms with Crippen molar-refractivity contribution in [2.45, 2.75) is 12.5 Å². The molecule has 8 nitrogen and oxygen atoms in total. The van der Waals surface area contributed by atoms with Crippen LogP contribution in [-0.4, -0.2) is 56.3 Å². The zero-order valence-electron chi connectivity index (χ0n) is 13.5. The smallest absolute Gasteiger partial charge is 0.328 e. The first-order valence-electron chi connectivity index (χ1n) is 7.42. The average molecular weight is 336 g/mol. The van der Waals surface area contributed by atoms with Crippen LogP contribution in [0.2, 0.25) is 0 Å². The van der Waals surface area contributed by atoms with E-state index < -0.39 is 23.8 Å². The molecule has 1 aliphatic rings. The molecule has 0 bridgehead atoms. The zero-order valence-corrected chi connectivity index (χ0v) is 13.5. The molecule has 1 fully saturated rings. The lowest BCUT2D eigenvalue weighted by atomic mass is 10.1. The third-order valence-electron chi connectivity index (χ3n) is 3.83. The number of carboxylic acid groups (broad SMARTS) is 1. The summed E-state index contributed by atoms with van der Waals surface area (Å²) in [5, 5.41) is 11.5. The fourth-order valence-corrected chi connectivity index (χ4v) is 2.53. The van der Waals surface area contributed by atoms with Crippen molar-refractivity contribution in [3.8, 4) is 5.75 Å². The SMILES string of the molecule is COCC(NC(=O)C1CC(=O)N(c2ccc(OC)cc2)C1)C(=O)O. The number of nitrogens with zero attached hydrogens (tertiary/aromatic N) is 1. The molecule has 2 N–H and O–H groups in total. The van der Waals surface area contributed by atoms with E-state index in [4.69, 9.17) is 14.6 Å². The minimum absolute atomic E-state index is 0.0389. The number of anilines is 1. The lowest BCUT2D eigenvalue weighted by Gasteiger charge is -2.18. The molecule has 1 aromatic rings. The molecule has 0 spiro atoms. The van der Waals surface area contributed by atoms with Crippen molar-refractivity contribution in [2.24, 2.45) is 5.92 Å². The summed E-state index contributed by atoms with van der Waals surface area (Å²) in [7, 11) is 2.90. The fourth-order valence-electron chi connectivity index (χ4n) is 2.53. The van der Waals surface area contributed by atoms with Gasteiger partial charge in [0.2, 0.25) is 11.8 Å². The number of rotatable bonds is 7. The first-order chi connectivity index (χ1) is 11.5. The van der Waals surface area contributed by atoms with Gasteiger partial charge in [0.05, 0.1) is 19.6 Å². The van der Waals surface area contributed by atoms with E-state index >= 15 is 0 Å². The molecule has 2 atom stereocenters. The van der Waals surface area contributed by atoms with Gasteiger partial charge in [0.25, 0.3) is 0 Å². The van der Waals surface area contributed by atoms with E-state index in [0.717, 1.165) is 0 Å². The second kappa shape index (κ2) is 7.78. The van der Waals surface area contributed by atoms with Crippen molar-refractivity contribution in [3.63, 3.8) is 0 Å². The third kappa shape index (κ3) is 4.02. The van der Waals surface area contributed by atoms with Crippen molar-refractivity contribution in [2.75, 3.05) is 32.3 Å². The van der Waals surface area contributed by atoms with Crippen molar-refractivity contribution in [3.05, 3.63) is 24.3 Å². The Morgan fingerprint density at radius 3 is 2.54 bits per heavy atom. The number of amides is 2. The van der Waals surface area contributed by atoms with Gasteiger partial charge < -0.3 is 24.8 Å². The predicted octanol–water partition coefficient (Wildman–Crippen LogP) is 0.264. The van der Waals surface area contributed by atoms with Crippen LogP contribution >= 0.6 is 0 Å². The molecule has 0 aromatic heterocycles. The van der Waals surface area contributed by atoms with Crippen molar-refractivity contribution >= 4 is 23.5 Å². The van der Waals surface area contributed by atoms with Crippen LogP contribution < -0.4 is 15.0 Å². The number of carbonyl (C=O) groups is 3. The Balaban J connectivity index is 2.02. The number of aliphatic carboxylic acids is 1. The number of hydrogen-bond acceptors (Lipinski definition) is 5. The molecule has 0 radical (unpaired) electrons. The zero-order chi connectivity index (χ0) is 17.7. The topological polar surface area (TPSA) is 105 Å². The molecule has 2 rings (SSSR count). The summed E-state index contributed by atoms with van der Waals surface area (Å²) in [4.78, 5) is 37.0. The molecule has 2 unspecified atom stereocenters. The van der Waals surface area contributed by atoms with Crippen LogP contribution in [0.25, 0.3) is 0 Å². The minimum Gasteiger partial charge on any atom is -0.497 e. The molecular weight excluding hydrogens is 316 g/mol. The molecule has 1 saturated heterocycles. The van der Waals surface area contributed by atoms with Gasteiger partial charge in [-0.2, -0.15) is 0 Å². The second-order valence-corrected chi connectivity index (χ2v) is 5.46. The molecule has 130 valence electrons. The largest absolute Gasteiger partial charge is 0.497 e.